The van der Waals surface area contributed by atoms with Crippen molar-refractivity contribution in [2.75, 3.05) is 0 Å². The van der Waals surface area contributed by atoms with Gasteiger partial charge >= 0.3 is 0 Å². The summed E-state index contributed by atoms with van der Waals surface area (Å²) in [4.78, 5) is 4.23. The maximum absolute atomic E-state index is 6.48. The molecule has 1 heterocycles. The highest BCUT2D eigenvalue weighted by atomic mass is 14.6. The second-order valence-electron chi connectivity index (χ2n) is 5.74. The van der Waals surface area contributed by atoms with Crippen molar-refractivity contribution < 1.29 is 0 Å². The summed E-state index contributed by atoms with van der Waals surface area (Å²) in [5.41, 5.74) is 10.1. The lowest BCUT2D eigenvalue weighted by atomic mass is 9.93. The lowest BCUT2D eigenvalue weighted by Crippen LogP contribution is -2.12. The zero-order valence-electron chi connectivity index (χ0n) is 12.5. The van der Waals surface area contributed by atoms with Gasteiger partial charge in [-0.05, 0) is 34.1 Å². The Balaban J connectivity index is 2.02. The topological polar surface area (TPSA) is 38.9 Å². The van der Waals surface area contributed by atoms with E-state index in [-0.39, 0.29) is 6.04 Å². The average molecular weight is 276 g/mol. The molecule has 0 bridgehead atoms. The maximum Gasteiger partial charge on any atom is 0.0558 e. The molecule has 0 radical (unpaired) electrons. The number of hydrogen-bond acceptors (Lipinski definition) is 2. The van der Waals surface area contributed by atoms with Crippen molar-refractivity contribution in [1.82, 2.24) is 4.98 Å². The van der Waals surface area contributed by atoms with E-state index in [0.717, 1.165) is 16.5 Å². The molecule has 2 aromatic carbocycles. The van der Waals surface area contributed by atoms with E-state index in [0.29, 0.717) is 5.92 Å². The van der Waals surface area contributed by atoms with Crippen molar-refractivity contribution >= 4 is 10.8 Å². The summed E-state index contributed by atoms with van der Waals surface area (Å²) in [5, 5.41) is 2.30. The smallest absolute Gasteiger partial charge is 0.0558 e. The van der Waals surface area contributed by atoms with Gasteiger partial charge in [0.2, 0.25) is 0 Å². The Morgan fingerprint density at radius 3 is 2.33 bits per heavy atom. The lowest BCUT2D eigenvalue weighted by molar-refractivity contribution is 0.851. The molecule has 2 N–H and O–H groups in total. The molecule has 1 unspecified atom stereocenters. The molecule has 0 aliphatic heterocycles. The first-order valence-electron chi connectivity index (χ1n) is 7.35. The summed E-state index contributed by atoms with van der Waals surface area (Å²) >= 11 is 0. The van der Waals surface area contributed by atoms with Gasteiger partial charge in [0.05, 0.1) is 6.04 Å². The van der Waals surface area contributed by atoms with Crippen LogP contribution in [-0.4, -0.2) is 4.98 Å². The van der Waals surface area contributed by atoms with Gasteiger partial charge in [0.25, 0.3) is 0 Å². The minimum Gasteiger partial charge on any atom is -0.320 e. The molecule has 0 saturated heterocycles. The summed E-state index contributed by atoms with van der Waals surface area (Å²) < 4.78 is 0. The number of fused-ring (bicyclic) bond motifs is 1. The van der Waals surface area contributed by atoms with Crippen LogP contribution in [0, 0.1) is 0 Å². The molecule has 2 nitrogen and oxygen atoms in total. The summed E-state index contributed by atoms with van der Waals surface area (Å²) in [6.07, 6.45) is 3.71. The Bertz CT molecular complexity index is 740. The molecule has 1 aromatic heterocycles. The second-order valence-corrected chi connectivity index (χ2v) is 5.74. The van der Waals surface area contributed by atoms with Crippen molar-refractivity contribution in [3.05, 3.63) is 77.6 Å². The molecule has 1 atom stereocenters. The van der Waals surface area contributed by atoms with Crippen LogP contribution in [0.2, 0.25) is 0 Å². The molecule has 0 aliphatic carbocycles. The first-order valence-corrected chi connectivity index (χ1v) is 7.35. The van der Waals surface area contributed by atoms with Crippen LogP contribution in [0.5, 0.6) is 0 Å². The van der Waals surface area contributed by atoms with Crippen molar-refractivity contribution in [3.63, 3.8) is 0 Å². The number of rotatable bonds is 3. The van der Waals surface area contributed by atoms with Crippen LogP contribution in [-0.2, 0) is 0 Å². The fraction of sp³-hybridized carbons (Fsp3) is 0.211. The maximum atomic E-state index is 6.48. The SMILES string of the molecule is CC(C)c1ccc(C(N)c2cccc3ccncc23)cc1. The van der Waals surface area contributed by atoms with Crippen LogP contribution in [0.15, 0.2) is 60.9 Å². The van der Waals surface area contributed by atoms with Gasteiger partial charge in [-0.3, -0.25) is 4.98 Å². The van der Waals surface area contributed by atoms with Gasteiger partial charge in [-0.1, -0.05) is 56.3 Å². The third-order valence-corrected chi connectivity index (χ3v) is 4.01. The number of pyridine rings is 1. The average Bonchev–Trinajstić information content (AvgIpc) is 2.53. The Labute approximate surface area is 125 Å². The van der Waals surface area contributed by atoms with Gasteiger partial charge in [-0.2, -0.15) is 0 Å². The summed E-state index contributed by atoms with van der Waals surface area (Å²) in [6, 6.07) is 16.7. The molecule has 0 spiro atoms. The zero-order chi connectivity index (χ0) is 14.8. The minimum absolute atomic E-state index is 0.126. The number of hydrogen-bond donors (Lipinski definition) is 1. The van der Waals surface area contributed by atoms with E-state index < -0.39 is 0 Å². The van der Waals surface area contributed by atoms with Crippen molar-refractivity contribution in [1.29, 1.82) is 0 Å². The van der Waals surface area contributed by atoms with E-state index in [9.17, 15) is 0 Å². The third kappa shape index (κ3) is 2.67. The first kappa shape index (κ1) is 13.8. The number of nitrogens with zero attached hydrogens (tertiary/aromatic N) is 1. The highest BCUT2D eigenvalue weighted by molar-refractivity contribution is 5.85. The fourth-order valence-corrected chi connectivity index (χ4v) is 2.68. The predicted molar refractivity (Wildman–Crippen MR) is 88.3 cm³/mol. The van der Waals surface area contributed by atoms with Crippen LogP contribution >= 0.6 is 0 Å². The fourth-order valence-electron chi connectivity index (χ4n) is 2.68. The molecular formula is C19H20N2. The van der Waals surface area contributed by atoms with Gasteiger partial charge in [0.15, 0.2) is 0 Å². The van der Waals surface area contributed by atoms with Crippen LogP contribution in [0.25, 0.3) is 10.8 Å². The minimum atomic E-state index is -0.126. The van der Waals surface area contributed by atoms with Crippen molar-refractivity contribution in [2.45, 2.75) is 25.8 Å². The number of nitrogens with two attached hydrogens (primary N) is 1. The largest absolute Gasteiger partial charge is 0.320 e. The standard InChI is InChI=1S/C19H20N2/c1-13(2)14-6-8-16(9-7-14)19(20)17-5-3-4-15-10-11-21-12-18(15)17/h3-13,19H,20H2,1-2H3. The van der Waals surface area contributed by atoms with Crippen molar-refractivity contribution in [2.24, 2.45) is 5.73 Å². The van der Waals surface area contributed by atoms with E-state index in [1.165, 1.54) is 10.9 Å². The van der Waals surface area contributed by atoms with Gasteiger partial charge in [0.1, 0.15) is 0 Å². The first-order chi connectivity index (χ1) is 10.2. The van der Waals surface area contributed by atoms with E-state index in [2.05, 4.69) is 61.3 Å². The van der Waals surface area contributed by atoms with Gasteiger partial charge < -0.3 is 5.73 Å². The van der Waals surface area contributed by atoms with E-state index in [1.807, 2.05) is 18.5 Å². The summed E-state index contributed by atoms with van der Waals surface area (Å²) in [6.45, 7) is 4.40. The monoisotopic (exact) mass is 276 g/mol. The Morgan fingerprint density at radius 2 is 1.62 bits per heavy atom. The zero-order valence-corrected chi connectivity index (χ0v) is 12.5. The second kappa shape index (κ2) is 5.66. The molecule has 0 fully saturated rings. The van der Waals surface area contributed by atoms with E-state index in [1.54, 1.807) is 0 Å². The molecule has 0 saturated carbocycles. The lowest BCUT2D eigenvalue weighted by Gasteiger charge is -2.16. The molecule has 106 valence electrons. The van der Waals surface area contributed by atoms with Crippen LogP contribution in [0.1, 0.15) is 42.5 Å². The van der Waals surface area contributed by atoms with Crippen LogP contribution in [0.3, 0.4) is 0 Å². The summed E-state index contributed by atoms with van der Waals surface area (Å²) in [7, 11) is 0. The highest BCUT2D eigenvalue weighted by Crippen LogP contribution is 2.27. The van der Waals surface area contributed by atoms with Crippen LogP contribution < -0.4 is 5.73 Å². The van der Waals surface area contributed by atoms with Gasteiger partial charge in [-0.25, -0.2) is 0 Å². The van der Waals surface area contributed by atoms with E-state index in [4.69, 9.17) is 5.73 Å². The molecule has 2 heteroatoms. The third-order valence-electron chi connectivity index (χ3n) is 4.01. The Morgan fingerprint density at radius 1 is 0.905 bits per heavy atom. The number of aromatic nitrogens is 1. The molecule has 3 rings (SSSR count). The normalized spacial score (nSPS) is 12.8. The molecular weight excluding hydrogens is 256 g/mol. The van der Waals surface area contributed by atoms with Gasteiger partial charge in [-0.15, -0.1) is 0 Å². The van der Waals surface area contributed by atoms with Crippen LogP contribution in [0.4, 0.5) is 0 Å². The van der Waals surface area contributed by atoms with Crippen molar-refractivity contribution in [3.8, 4) is 0 Å². The molecule has 0 amide bonds. The Hall–Kier alpha value is -2.19. The molecule has 0 aliphatic rings. The molecule has 21 heavy (non-hydrogen) atoms. The number of benzene rings is 2. The molecule has 3 aromatic rings. The Kier molecular flexibility index (Phi) is 3.72. The van der Waals surface area contributed by atoms with E-state index >= 15 is 0 Å². The summed E-state index contributed by atoms with van der Waals surface area (Å²) in [5.74, 6) is 0.539. The van der Waals surface area contributed by atoms with Gasteiger partial charge in [0, 0.05) is 17.8 Å². The highest BCUT2D eigenvalue weighted by Gasteiger charge is 2.12. The predicted octanol–water partition coefficient (Wildman–Crippen LogP) is 4.41. The quantitative estimate of drug-likeness (QED) is 0.769.